The number of morpholine rings is 1. The summed E-state index contributed by atoms with van der Waals surface area (Å²) >= 11 is 0. The van der Waals surface area contributed by atoms with Crippen LogP contribution < -0.4 is 5.32 Å². The minimum Gasteiger partial charge on any atom is -0.379 e. The first kappa shape index (κ1) is 18.1. The van der Waals surface area contributed by atoms with E-state index in [0.717, 1.165) is 44.1 Å². The van der Waals surface area contributed by atoms with Gasteiger partial charge in [0.1, 0.15) is 6.07 Å². The number of benzene rings is 2. The molecule has 1 aliphatic rings. The summed E-state index contributed by atoms with van der Waals surface area (Å²) in [6.07, 6.45) is 1.56. The van der Waals surface area contributed by atoms with Crippen molar-refractivity contribution in [2.24, 2.45) is 0 Å². The van der Waals surface area contributed by atoms with Gasteiger partial charge in [0.2, 0.25) is 5.95 Å². The van der Waals surface area contributed by atoms with E-state index in [1.807, 2.05) is 42.5 Å². The van der Waals surface area contributed by atoms with Crippen LogP contribution in [0.4, 0.5) is 11.6 Å². The van der Waals surface area contributed by atoms with Crippen molar-refractivity contribution in [2.75, 3.05) is 31.6 Å². The highest BCUT2D eigenvalue weighted by atomic mass is 16.5. The second kappa shape index (κ2) is 8.61. The zero-order valence-electron chi connectivity index (χ0n) is 15.5. The molecule has 1 fully saturated rings. The Balaban J connectivity index is 1.54. The fourth-order valence-corrected chi connectivity index (χ4v) is 3.23. The fraction of sp³-hybridized carbons (Fsp3) is 0.227. The van der Waals surface area contributed by atoms with Crippen LogP contribution in [0.15, 0.2) is 60.8 Å². The summed E-state index contributed by atoms with van der Waals surface area (Å²) in [6, 6.07) is 20.1. The second-order valence-electron chi connectivity index (χ2n) is 6.65. The molecule has 140 valence electrons. The summed E-state index contributed by atoms with van der Waals surface area (Å²) in [5, 5.41) is 12.7. The van der Waals surface area contributed by atoms with Gasteiger partial charge in [-0.25, -0.2) is 9.97 Å². The molecule has 0 amide bonds. The van der Waals surface area contributed by atoms with E-state index in [2.05, 4.69) is 38.4 Å². The smallest absolute Gasteiger partial charge is 0.227 e. The van der Waals surface area contributed by atoms with E-state index in [4.69, 9.17) is 4.74 Å². The number of nitrogens with one attached hydrogen (secondary N) is 1. The van der Waals surface area contributed by atoms with Gasteiger partial charge in [0.15, 0.2) is 0 Å². The van der Waals surface area contributed by atoms with Crippen LogP contribution in [0.3, 0.4) is 0 Å². The molecule has 0 bridgehead atoms. The van der Waals surface area contributed by atoms with Gasteiger partial charge in [0, 0.05) is 30.9 Å². The Hall–Kier alpha value is -3.27. The molecule has 0 unspecified atom stereocenters. The lowest BCUT2D eigenvalue weighted by Gasteiger charge is -2.26. The molecule has 1 N–H and O–H groups in total. The first-order valence-electron chi connectivity index (χ1n) is 9.30. The molecule has 0 saturated carbocycles. The van der Waals surface area contributed by atoms with Crippen LogP contribution in [0.25, 0.3) is 11.3 Å². The number of hydrogen-bond donors (Lipinski definition) is 1. The van der Waals surface area contributed by atoms with Gasteiger partial charge in [-0.1, -0.05) is 42.5 Å². The fourth-order valence-electron chi connectivity index (χ4n) is 3.23. The minimum atomic E-state index is 0.456. The number of anilines is 2. The third-order valence-electron chi connectivity index (χ3n) is 4.65. The van der Waals surface area contributed by atoms with E-state index in [1.165, 1.54) is 5.56 Å². The maximum Gasteiger partial charge on any atom is 0.227 e. The normalized spacial score (nSPS) is 14.4. The van der Waals surface area contributed by atoms with Crippen LogP contribution in [0.5, 0.6) is 0 Å². The number of hydrogen-bond acceptors (Lipinski definition) is 6. The summed E-state index contributed by atoms with van der Waals surface area (Å²) in [7, 11) is 0. The molecule has 1 aliphatic heterocycles. The minimum absolute atomic E-state index is 0.456. The zero-order chi connectivity index (χ0) is 19.2. The third kappa shape index (κ3) is 4.34. The number of ether oxygens (including phenoxy) is 1. The van der Waals surface area contributed by atoms with Gasteiger partial charge < -0.3 is 10.1 Å². The molecular formula is C22H21N5O. The first-order chi connectivity index (χ1) is 13.8. The summed E-state index contributed by atoms with van der Waals surface area (Å²) in [4.78, 5) is 11.3. The van der Waals surface area contributed by atoms with Gasteiger partial charge in [-0.05, 0) is 17.7 Å². The molecule has 0 aliphatic carbocycles. The van der Waals surface area contributed by atoms with Crippen molar-refractivity contribution in [3.8, 4) is 17.3 Å². The molecule has 4 rings (SSSR count). The average Bonchev–Trinajstić information content (AvgIpc) is 2.75. The maximum absolute atomic E-state index is 9.39. The molecule has 1 aromatic heterocycles. The van der Waals surface area contributed by atoms with E-state index >= 15 is 0 Å². The highest BCUT2D eigenvalue weighted by Gasteiger charge is 2.12. The van der Waals surface area contributed by atoms with Crippen molar-refractivity contribution in [1.82, 2.24) is 14.9 Å². The molecule has 3 aromatic rings. The van der Waals surface area contributed by atoms with E-state index in [0.29, 0.717) is 17.2 Å². The molecule has 6 heteroatoms. The summed E-state index contributed by atoms with van der Waals surface area (Å²) in [6.45, 7) is 4.38. The molecule has 2 heterocycles. The van der Waals surface area contributed by atoms with Gasteiger partial charge >= 0.3 is 0 Å². The summed E-state index contributed by atoms with van der Waals surface area (Å²) < 4.78 is 5.41. The van der Waals surface area contributed by atoms with Gasteiger partial charge in [0.05, 0.1) is 30.7 Å². The number of nitrogens with zero attached hydrogens (tertiary/aromatic N) is 4. The number of aromatic nitrogens is 2. The van der Waals surface area contributed by atoms with Crippen LogP contribution in [0.1, 0.15) is 11.1 Å². The van der Waals surface area contributed by atoms with Crippen molar-refractivity contribution in [1.29, 1.82) is 5.26 Å². The molecule has 0 spiro atoms. The molecule has 1 saturated heterocycles. The highest BCUT2D eigenvalue weighted by molar-refractivity contribution is 5.68. The molecule has 0 atom stereocenters. The van der Waals surface area contributed by atoms with Crippen molar-refractivity contribution in [3.63, 3.8) is 0 Å². The first-order valence-corrected chi connectivity index (χ1v) is 9.30. The largest absolute Gasteiger partial charge is 0.379 e. The Morgan fingerprint density at radius 1 is 1.07 bits per heavy atom. The Morgan fingerprint density at radius 3 is 2.68 bits per heavy atom. The zero-order valence-corrected chi connectivity index (χ0v) is 15.5. The Kier molecular flexibility index (Phi) is 5.57. The van der Waals surface area contributed by atoms with Crippen molar-refractivity contribution in [3.05, 3.63) is 71.9 Å². The Morgan fingerprint density at radius 2 is 1.89 bits per heavy atom. The lowest BCUT2D eigenvalue weighted by molar-refractivity contribution is 0.0342. The molecular weight excluding hydrogens is 350 g/mol. The lowest BCUT2D eigenvalue weighted by Crippen LogP contribution is -2.35. The van der Waals surface area contributed by atoms with Gasteiger partial charge in [-0.3, -0.25) is 4.90 Å². The SMILES string of the molecule is N#Cc1cnc(Nc2cccc(CN3CCOCC3)c2)nc1-c1ccccc1. The van der Waals surface area contributed by atoms with Crippen LogP contribution >= 0.6 is 0 Å². The topological polar surface area (TPSA) is 74.1 Å². The lowest BCUT2D eigenvalue weighted by atomic mass is 10.1. The number of rotatable bonds is 5. The van der Waals surface area contributed by atoms with Crippen LogP contribution in [-0.4, -0.2) is 41.2 Å². The van der Waals surface area contributed by atoms with Crippen LogP contribution in [-0.2, 0) is 11.3 Å². The van der Waals surface area contributed by atoms with Crippen LogP contribution in [0, 0.1) is 11.3 Å². The number of nitriles is 1. The Bertz CT molecular complexity index is 978. The molecule has 0 radical (unpaired) electrons. The molecule has 2 aromatic carbocycles. The van der Waals surface area contributed by atoms with Gasteiger partial charge in [-0.15, -0.1) is 0 Å². The Labute approximate surface area is 164 Å². The standard InChI is InChI=1S/C22H21N5O/c23-14-19-15-24-22(26-21(19)18-6-2-1-3-7-18)25-20-8-4-5-17(13-20)16-27-9-11-28-12-10-27/h1-8,13,15H,9-12,16H2,(H,24,25,26). The van der Waals surface area contributed by atoms with E-state index in [9.17, 15) is 5.26 Å². The summed E-state index contributed by atoms with van der Waals surface area (Å²) in [5.74, 6) is 0.473. The predicted molar refractivity (Wildman–Crippen MR) is 108 cm³/mol. The summed E-state index contributed by atoms with van der Waals surface area (Å²) in [5.41, 5.74) is 4.13. The molecule has 6 nitrogen and oxygen atoms in total. The third-order valence-corrected chi connectivity index (χ3v) is 4.65. The highest BCUT2D eigenvalue weighted by Crippen LogP contribution is 2.23. The predicted octanol–water partition coefficient (Wildman–Crippen LogP) is 3.59. The quantitative estimate of drug-likeness (QED) is 0.739. The maximum atomic E-state index is 9.39. The molecule has 28 heavy (non-hydrogen) atoms. The monoisotopic (exact) mass is 371 g/mol. The van der Waals surface area contributed by atoms with E-state index in [1.54, 1.807) is 6.20 Å². The van der Waals surface area contributed by atoms with Crippen molar-refractivity contribution < 1.29 is 4.74 Å². The van der Waals surface area contributed by atoms with Crippen molar-refractivity contribution >= 4 is 11.6 Å². The average molecular weight is 371 g/mol. The van der Waals surface area contributed by atoms with Gasteiger partial charge in [0.25, 0.3) is 0 Å². The second-order valence-corrected chi connectivity index (χ2v) is 6.65. The van der Waals surface area contributed by atoms with Crippen molar-refractivity contribution in [2.45, 2.75) is 6.54 Å². The van der Waals surface area contributed by atoms with E-state index < -0.39 is 0 Å². The van der Waals surface area contributed by atoms with E-state index in [-0.39, 0.29) is 0 Å². The van der Waals surface area contributed by atoms with Gasteiger partial charge in [-0.2, -0.15) is 5.26 Å². The van der Waals surface area contributed by atoms with Crippen LogP contribution in [0.2, 0.25) is 0 Å².